The van der Waals surface area contributed by atoms with Gasteiger partial charge >= 0.3 is 5.97 Å². The van der Waals surface area contributed by atoms with Crippen LogP contribution in [0.1, 0.15) is 10.4 Å². The molecular weight excluding hydrogens is 382 g/mol. The van der Waals surface area contributed by atoms with E-state index in [4.69, 9.17) is 14.6 Å². The van der Waals surface area contributed by atoms with E-state index < -0.39 is 5.97 Å². The van der Waals surface area contributed by atoms with Crippen LogP contribution in [0, 0.1) is 0 Å². The highest BCUT2D eigenvalue weighted by Crippen LogP contribution is 2.33. The smallest absolute Gasteiger partial charge is 0.335 e. The maximum absolute atomic E-state index is 11.2. The molecule has 1 heterocycles. The van der Waals surface area contributed by atoms with E-state index in [1.165, 1.54) is 6.07 Å². The summed E-state index contributed by atoms with van der Waals surface area (Å²) in [6, 6.07) is 20.3. The number of hydrogen-bond donors (Lipinski definition) is 1. The van der Waals surface area contributed by atoms with Crippen molar-refractivity contribution in [3.8, 4) is 39.6 Å². The fourth-order valence-electron chi connectivity index (χ4n) is 3.15. The standard InChI is InChI=1S/C23H19N3O4/c1-29-21-11-10-17(13-22(21)30-2)15-6-8-16(9-7-15)20-14-26(25-24-20)19-5-3-4-18(12-19)23(27)28/h3-14H,1-2H3,(H,27,28). The van der Waals surface area contributed by atoms with Gasteiger partial charge in [0.15, 0.2) is 11.5 Å². The summed E-state index contributed by atoms with van der Waals surface area (Å²) in [5, 5.41) is 17.5. The minimum atomic E-state index is -0.983. The molecule has 0 saturated heterocycles. The van der Waals surface area contributed by atoms with Crippen molar-refractivity contribution in [2.75, 3.05) is 14.2 Å². The van der Waals surface area contributed by atoms with Gasteiger partial charge in [-0.15, -0.1) is 5.10 Å². The molecular formula is C23H19N3O4. The molecule has 0 spiro atoms. The highest BCUT2D eigenvalue weighted by atomic mass is 16.5. The molecule has 7 heteroatoms. The Morgan fingerprint density at radius 2 is 1.57 bits per heavy atom. The first-order chi connectivity index (χ1) is 14.6. The number of nitrogens with zero attached hydrogens (tertiary/aromatic N) is 3. The number of carboxylic acids is 1. The molecule has 3 aromatic carbocycles. The zero-order valence-electron chi connectivity index (χ0n) is 16.4. The Morgan fingerprint density at radius 1 is 0.867 bits per heavy atom. The molecule has 0 aliphatic carbocycles. The van der Waals surface area contributed by atoms with Crippen LogP contribution in [0.3, 0.4) is 0 Å². The van der Waals surface area contributed by atoms with E-state index in [0.717, 1.165) is 16.7 Å². The summed E-state index contributed by atoms with van der Waals surface area (Å²) in [6.45, 7) is 0. The van der Waals surface area contributed by atoms with Gasteiger partial charge in [0.25, 0.3) is 0 Å². The second kappa shape index (κ2) is 8.08. The normalized spacial score (nSPS) is 10.6. The van der Waals surface area contributed by atoms with Crippen molar-refractivity contribution < 1.29 is 19.4 Å². The summed E-state index contributed by atoms with van der Waals surface area (Å²) in [7, 11) is 3.22. The number of ether oxygens (including phenoxy) is 2. The Labute approximate surface area is 173 Å². The minimum Gasteiger partial charge on any atom is -0.493 e. The molecule has 4 rings (SSSR count). The third kappa shape index (κ3) is 3.73. The number of carboxylic acid groups (broad SMARTS) is 1. The summed E-state index contributed by atoms with van der Waals surface area (Å²) in [5.74, 6) is 0.370. The van der Waals surface area contributed by atoms with Crippen LogP contribution in [-0.2, 0) is 0 Å². The van der Waals surface area contributed by atoms with Gasteiger partial charge in [-0.1, -0.05) is 41.6 Å². The van der Waals surface area contributed by atoms with Gasteiger partial charge in [-0.05, 0) is 41.5 Å². The number of aromatic carboxylic acids is 1. The van der Waals surface area contributed by atoms with Crippen LogP contribution >= 0.6 is 0 Å². The predicted octanol–water partition coefficient (Wildman–Crippen LogP) is 4.32. The zero-order chi connectivity index (χ0) is 21.1. The molecule has 0 atom stereocenters. The average molecular weight is 401 g/mol. The fraction of sp³-hybridized carbons (Fsp3) is 0.0870. The van der Waals surface area contributed by atoms with E-state index in [1.807, 2.05) is 42.5 Å². The topological polar surface area (TPSA) is 86.5 Å². The summed E-state index contributed by atoms with van der Waals surface area (Å²) in [5.41, 5.74) is 4.46. The lowest BCUT2D eigenvalue weighted by Gasteiger charge is -2.10. The van der Waals surface area contributed by atoms with Crippen molar-refractivity contribution >= 4 is 5.97 Å². The van der Waals surface area contributed by atoms with Crippen LogP contribution in [0.5, 0.6) is 11.5 Å². The first-order valence-corrected chi connectivity index (χ1v) is 9.18. The van der Waals surface area contributed by atoms with Crippen LogP contribution in [0.15, 0.2) is 72.9 Å². The third-order valence-corrected chi connectivity index (χ3v) is 4.75. The largest absolute Gasteiger partial charge is 0.493 e. The van der Waals surface area contributed by atoms with Crippen LogP contribution in [-0.4, -0.2) is 40.3 Å². The predicted molar refractivity (Wildman–Crippen MR) is 112 cm³/mol. The lowest BCUT2D eigenvalue weighted by molar-refractivity contribution is 0.0697. The maximum atomic E-state index is 11.2. The number of carbonyl (C=O) groups is 1. The first kappa shape index (κ1) is 19.2. The van der Waals surface area contributed by atoms with E-state index in [9.17, 15) is 4.79 Å². The van der Waals surface area contributed by atoms with Crippen molar-refractivity contribution in [1.29, 1.82) is 0 Å². The van der Waals surface area contributed by atoms with Gasteiger partial charge in [-0.2, -0.15) is 0 Å². The van der Waals surface area contributed by atoms with Gasteiger partial charge in [0.2, 0.25) is 0 Å². The Bertz CT molecular complexity index is 1200. The van der Waals surface area contributed by atoms with Gasteiger partial charge in [-0.25, -0.2) is 9.48 Å². The summed E-state index contributed by atoms with van der Waals surface area (Å²) in [4.78, 5) is 11.2. The van der Waals surface area contributed by atoms with E-state index in [-0.39, 0.29) is 5.56 Å². The van der Waals surface area contributed by atoms with E-state index >= 15 is 0 Å². The lowest BCUT2D eigenvalue weighted by atomic mass is 10.0. The van der Waals surface area contributed by atoms with Gasteiger partial charge in [-0.3, -0.25) is 0 Å². The van der Waals surface area contributed by atoms with Gasteiger partial charge < -0.3 is 14.6 Å². The molecule has 0 aliphatic heterocycles. The number of hydrogen-bond acceptors (Lipinski definition) is 5. The van der Waals surface area contributed by atoms with Gasteiger partial charge in [0.05, 0.1) is 31.7 Å². The van der Waals surface area contributed by atoms with Crippen LogP contribution in [0.2, 0.25) is 0 Å². The highest BCUT2D eigenvalue weighted by molar-refractivity contribution is 5.88. The molecule has 150 valence electrons. The Kier molecular flexibility index (Phi) is 5.17. The first-order valence-electron chi connectivity index (χ1n) is 9.18. The van der Waals surface area contributed by atoms with Crippen molar-refractivity contribution in [2.24, 2.45) is 0 Å². The summed E-state index contributed by atoms with van der Waals surface area (Å²) in [6.07, 6.45) is 1.77. The molecule has 7 nitrogen and oxygen atoms in total. The van der Waals surface area contributed by atoms with Gasteiger partial charge in [0.1, 0.15) is 5.69 Å². The number of benzene rings is 3. The van der Waals surface area contributed by atoms with Gasteiger partial charge in [0, 0.05) is 5.56 Å². The minimum absolute atomic E-state index is 0.198. The second-order valence-electron chi connectivity index (χ2n) is 6.55. The molecule has 0 saturated carbocycles. The van der Waals surface area contributed by atoms with Crippen molar-refractivity contribution in [3.05, 3.63) is 78.5 Å². The monoisotopic (exact) mass is 401 g/mol. The van der Waals surface area contributed by atoms with E-state index in [2.05, 4.69) is 10.3 Å². The van der Waals surface area contributed by atoms with Crippen molar-refractivity contribution in [3.63, 3.8) is 0 Å². The fourth-order valence-corrected chi connectivity index (χ4v) is 3.15. The quantitative estimate of drug-likeness (QED) is 0.518. The lowest BCUT2D eigenvalue weighted by Crippen LogP contribution is -2.00. The Balaban J connectivity index is 1.60. The third-order valence-electron chi connectivity index (χ3n) is 4.75. The second-order valence-corrected chi connectivity index (χ2v) is 6.55. The van der Waals surface area contributed by atoms with E-state index in [0.29, 0.717) is 22.9 Å². The maximum Gasteiger partial charge on any atom is 0.335 e. The zero-order valence-corrected chi connectivity index (χ0v) is 16.4. The SMILES string of the molecule is COc1ccc(-c2ccc(-c3cn(-c4cccc(C(=O)O)c4)nn3)cc2)cc1OC. The molecule has 4 aromatic rings. The summed E-state index contributed by atoms with van der Waals surface area (Å²) < 4.78 is 12.2. The van der Waals surface area contributed by atoms with E-state index in [1.54, 1.807) is 43.3 Å². The van der Waals surface area contributed by atoms with Crippen LogP contribution in [0.4, 0.5) is 0 Å². The molecule has 0 aliphatic rings. The molecule has 0 fully saturated rings. The number of aromatic nitrogens is 3. The average Bonchev–Trinajstić information content (AvgIpc) is 3.29. The molecule has 1 N–H and O–H groups in total. The highest BCUT2D eigenvalue weighted by Gasteiger charge is 2.10. The Hall–Kier alpha value is -4.13. The molecule has 1 aromatic heterocycles. The number of methoxy groups -OCH3 is 2. The van der Waals surface area contributed by atoms with Crippen molar-refractivity contribution in [2.45, 2.75) is 0 Å². The summed E-state index contributed by atoms with van der Waals surface area (Å²) >= 11 is 0. The van der Waals surface area contributed by atoms with Crippen molar-refractivity contribution in [1.82, 2.24) is 15.0 Å². The molecule has 0 unspecified atom stereocenters. The van der Waals surface area contributed by atoms with Crippen LogP contribution < -0.4 is 9.47 Å². The molecule has 0 radical (unpaired) electrons. The molecule has 0 bridgehead atoms. The van der Waals surface area contributed by atoms with Crippen LogP contribution in [0.25, 0.3) is 28.1 Å². The number of rotatable bonds is 6. The molecule has 30 heavy (non-hydrogen) atoms. The molecule has 0 amide bonds. The Morgan fingerprint density at radius 3 is 2.27 bits per heavy atom.